The van der Waals surface area contributed by atoms with Gasteiger partial charge in [-0.3, -0.25) is 4.79 Å². The molecule has 0 bridgehead atoms. The van der Waals surface area contributed by atoms with Crippen LogP contribution in [0.2, 0.25) is 0 Å². The average molecular weight is 378 g/mol. The van der Waals surface area contributed by atoms with Crippen molar-refractivity contribution in [3.63, 3.8) is 0 Å². The molecule has 0 aliphatic rings. The van der Waals surface area contributed by atoms with Crippen LogP contribution >= 0.6 is 34.2 Å². The van der Waals surface area contributed by atoms with Gasteiger partial charge in [0, 0.05) is 28.8 Å². The number of benzene rings is 1. The van der Waals surface area contributed by atoms with E-state index in [1.807, 2.05) is 22.8 Å². The number of nitrogens with zero attached hydrogens (tertiary/aromatic N) is 2. The third-order valence-electron chi connectivity index (χ3n) is 2.69. The van der Waals surface area contributed by atoms with E-state index in [0.717, 1.165) is 20.4 Å². The van der Waals surface area contributed by atoms with Crippen molar-refractivity contribution in [3.05, 3.63) is 27.6 Å². The Kier molecular flexibility index (Phi) is 4.45. The normalized spacial score (nSPS) is 11.0. The lowest BCUT2D eigenvalue weighted by molar-refractivity contribution is -0.118. The van der Waals surface area contributed by atoms with Gasteiger partial charge in [0.05, 0.1) is 11.0 Å². The van der Waals surface area contributed by atoms with E-state index < -0.39 is 0 Å². The Labute approximate surface area is 124 Å². The number of hydrogen-bond donors (Lipinski definition) is 1. The second-order valence-corrected chi connectivity index (χ2v) is 5.59. The maximum absolute atomic E-state index is 10.9. The van der Waals surface area contributed by atoms with Crippen LogP contribution in [0.5, 0.6) is 0 Å². The number of carbonyl (C=O) groups excluding carboxylic acids is 1. The van der Waals surface area contributed by atoms with Gasteiger partial charge >= 0.3 is 0 Å². The fourth-order valence-corrected chi connectivity index (χ4v) is 2.54. The van der Waals surface area contributed by atoms with Crippen LogP contribution in [0.3, 0.4) is 0 Å². The number of carbonyl (C=O) groups is 1. The molecule has 18 heavy (non-hydrogen) atoms. The van der Waals surface area contributed by atoms with Crippen molar-refractivity contribution in [2.24, 2.45) is 5.73 Å². The van der Waals surface area contributed by atoms with Gasteiger partial charge in [0.25, 0.3) is 0 Å². The lowest BCUT2D eigenvalue weighted by Gasteiger charge is -2.06. The summed E-state index contributed by atoms with van der Waals surface area (Å²) in [5.41, 5.74) is 7.16. The first-order valence-electron chi connectivity index (χ1n) is 5.60. The van der Waals surface area contributed by atoms with Gasteiger partial charge in [-0.05, 0) is 40.8 Å². The Morgan fingerprint density at radius 3 is 2.94 bits per heavy atom. The van der Waals surface area contributed by atoms with Crippen LogP contribution in [0.4, 0.5) is 0 Å². The van der Waals surface area contributed by atoms with Gasteiger partial charge in [-0.15, -0.1) is 11.6 Å². The van der Waals surface area contributed by atoms with Gasteiger partial charge in [-0.25, -0.2) is 4.98 Å². The maximum Gasteiger partial charge on any atom is 0.219 e. The summed E-state index contributed by atoms with van der Waals surface area (Å²) in [5.74, 6) is 1.11. The lowest BCUT2D eigenvalue weighted by Crippen LogP contribution is -2.15. The Bertz CT molecular complexity index is 582. The molecule has 1 amide bonds. The Balaban J connectivity index is 2.44. The first-order valence-corrected chi connectivity index (χ1v) is 7.22. The van der Waals surface area contributed by atoms with E-state index in [2.05, 4.69) is 27.6 Å². The Morgan fingerprint density at radius 1 is 1.50 bits per heavy atom. The molecule has 1 aromatic carbocycles. The molecule has 2 aromatic rings. The molecule has 6 heteroatoms. The first kappa shape index (κ1) is 13.6. The van der Waals surface area contributed by atoms with Gasteiger partial charge < -0.3 is 10.3 Å². The van der Waals surface area contributed by atoms with Crippen molar-refractivity contribution >= 4 is 51.1 Å². The maximum atomic E-state index is 10.9. The minimum Gasteiger partial charge on any atom is -0.370 e. The average Bonchev–Trinajstić information content (AvgIpc) is 2.63. The molecule has 0 saturated heterocycles. The van der Waals surface area contributed by atoms with E-state index in [1.54, 1.807) is 0 Å². The molecule has 0 spiro atoms. The highest BCUT2D eigenvalue weighted by atomic mass is 127. The molecule has 0 aliphatic heterocycles. The smallest absolute Gasteiger partial charge is 0.219 e. The molecule has 96 valence electrons. The fourth-order valence-electron chi connectivity index (χ4n) is 1.90. The van der Waals surface area contributed by atoms with E-state index in [4.69, 9.17) is 17.3 Å². The molecule has 0 unspecified atom stereocenters. The Hall–Kier alpha value is -0.820. The van der Waals surface area contributed by atoms with Crippen LogP contribution in [-0.2, 0) is 17.8 Å². The zero-order valence-electron chi connectivity index (χ0n) is 9.70. The molecule has 0 fully saturated rings. The SMILES string of the molecule is NC(=O)CCn1c(CCCl)nc2cc(I)ccc21. The van der Waals surface area contributed by atoms with Crippen molar-refractivity contribution in [2.45, 2.75) is 19.4 Å². The quantitative estimate of drug-likeness (QED) is 0.642. The first-order chi connectivity index (χ1) is 8.61. The van der Waals surface area contributed by atoms with Gasteiger partial charge in [0.15, 0.2) is 0 Å². The molecule has 0 aliphatic carbocycles. The minimum absolute atomic E-state index is 0.306. The molecule has 0 atom stereocenters. The lowest BCUT2D eigenvalue weighted by atomic mass is 10.3. The third-order valence-corrected chi connectivity index (χ3v) is 3.55. The van der Waals surface area contributed by atoms with Crippen molar-refractivity contribution in [3.8, 4) is 0 Å². The summed E-state index contributed by atoms with van der Waals surface area (Å²) in [6.45, 7) is 0.554. The van der Waals surface area contributed by atoms with Crippen LogP contribution in [0.25, 0.3) is 11.0 Å². The van der Waals surface area contributed by atoms with Crippen LogP contribution in [0, 0.1) is 3.57 Å². The summed E-state index contributed by atoms with van der Waals surface area (Å²) in [4.78, 5) is 15.5. The minimum atomic E-state index is -0.306. The van der Waals surface area contributed by atoms with Crippen LogP contribution < -0.4 is 5.73 Å². The number of hydrogen-bond acceptors (Lipinski definition) is 2. The van der Waals surface area contributed by atoms with Crippen LogP contribution in [-0.4, -0.2) is 21.3 Å². The standard InChI is InChI=1S/C12H13ClIN3O/c13-5-3-12-16-9-7-8(14)1-2-10(9)17(12)6-4-11(15)18/h1-2,7H,3-6H2,(H2,15,18). The van der Waals surface area contributed by atoms with Crippen LogP contribution in [0.1, 0.15) is 12.2 Å². The number of amides is 1. The van der Waals surface area contributed by atoms with Crippen molar-refractivity contribution in [2.75, 3.05) is 5.88 Å². The second-order valence-electron chi connectivity index (χ2n) is 3.97. The van der Waals surface area contributed by atoms with E-state index in [0.29, 0.717) is 25.3 Å². The van der Waals surface area contributed by atoms with Crippen molar-refractivity contribution < 1.29 is 4.79 Å². The van der Waals surface area contributed by atoms with Gasteiger partial charge in [-0.2, -0.15) is 0 Å². The molecule has 0 radical (unpaired) electrons. The molecule has 0 saturated carbocycles. The number of rotatable bonds is 5. The zero-order valence-corrected chi connectivity index (χ0v) is 12.6. The number of fused-ring (bicyclic) bond motifs is 1. The fraction of sp³-hybridized carbons (Fsp3) is 0.333. The summed E-state index contributed by atoms with van der Waals surface area (Å²) < 4.78 is 3.16. The van der Waals surface area contributed by atoms with E-state index in [-0.39, 0.29) is 5.91 Å². The van der Waals surface area contributed by atoms with E-state index >= 15 is 0 Å². The van der Waals surface area contributed by atoms with Crippen LogP contribution in [0.15, 0.2) is 18.2 Å². The number of nitrogens with two attached hydrogens (primary N) is 1. The number of aromatic nitrogens is 2. The van der Waals surface area contributed by atoms with E-state index in [9.17, 15) is 4.79 Å². The third kappa shape index (κ3) is 2.95. The zero-order chi connectivity index (χ0) is 13.1. The predicted octanol–water partition coefficient (Wildman–Crippen LogP) is 2.30. The topological polar surface area (TPSA) is 60.9 Å². The van der Waals surface area contributed by atoms with E-state index in [1.165, 1.54) is 0 Å². The molecule has 2 N–H and O–H groups in total. The highest BCUT2D eigenvalue weighted by molar-refractivity contribution is 14.1. The highest BCUT2D eigenvalue weighted by Crippen LogP contribution is 2.20. The summed E-state index contributed by atoms with van der Waals surface area (Å²) in [7, 11) is 0. The molecule has 4 nitrogen and oxygen atoms in total. The number of alkyl halides is 1. The van der Waals surface area contributed by atoms with Gasteiger partial charge in [-0.1, -0.05) is 0 Å². The molecular formula is C12H13ClIN3O. The van der Waals surface area contributed by atoms with Gasteiger partial charge in [0.2, 0.25) is 5.91 Å². The summed E-state index contributed by atoms with van der Waals surface area (Å²) in [6.07, 6.45) is 0.998. The number of primary amides is 1. The Morgan fingerprint density at radius 2 is 2.28 bits per heavy atom. The van der Waals surface area contributed by atoms with Crippen molar-refractivity contribution in [1.82, 2.24) is 9.55 Å². The van der Waals surface area contributed by atoms with Crippen molar-refractivity contribution in [1.29, 1.82) is 0 Å². The molecule has 2 rings (SSSR count). The highest BCUT2D eigenvalue weighted by Gasteiger charge is 2.11. The number of aryl methyl sites for hydroxylation is 2. The number of halogens is 2. The summed E-state index contributed by atoms with van der Waals surface area (Å²) in [5, 5.41) is 0. The molecule has 1 aromatic heterocycles. The van der Waals surface area contributed by atoms with Gasteiger partial charge in [0.1, 0.15) is 5.82 Å². The predicted molar refractivity (Wildman–Crippen MR) is 80.7 cm³/mol. The monoisotopic (exact) mass is 377 g/mol. The summed E-state index contributed by atoms with van der Waals surface area (Å²) >= 11 is 8.04. The number of imidazole rings is 1. The molecular weight excluding hydrogens is 365 g/mol. The molecule has 1 heterocycles. The largest absolute Gasteiger partial charge is 0.370 e. The summed E-state index contributed by atoms with van der Waals surface area (Å²) in [6, 6.07) is 6.06. The second kappa shape index (κ2) is 5.88.